The summed E-state index contributed by atoms with van der Waals surface area (Å²) >= 11 is 6.10. The van der Waals surface area contributed by atoms with Crippen LogP contribution in [0.15, 0.2) is 91.0 Å². The fourth-order valence-electron chi connectivity index (χ4n) is 5.37. The Bertz CT molecular complexity index is 1520. The molecule has 1 aliphatic heterocycles. The van der Waals surface area contributed by atoms with Crippen LogP contribution in [0.25, 0.3) is 10.8 Å². The minimum Gasteiger partial charge on any atom is -0.355 e. The highest BCUT2D eigenvalue weighted by atomic mass is 35.5. The van der Waals surface area contributed by atoms with Crippen LogP contribution in [0.2, 0.25) is 5.02 Å². The molecule has 4 aromatic carbocycles. The molecule has 0 aliphatic carbocycles. The summed E-state index contributed by atoms with van der Waals surface area (Å²) in [5.74, 6) is -0.364. The number of carbonyl (C=O) groups is 3. The number of amides is 3. The van der Waals surface area contributed by atoms with Crippen LogP contribution in [0.5, 0.6) is 0 Å². The fourth-order valence-corrected chi connectivity index (χ4v) is 5.49. The van der Waals surface area contributed by atoms with E-state index in [0.717, 1.165) is 27.6 Å². The number of hydrogen-bond donors (Lipinski definition) is 1. The number of nitrogens with one attached hydrogen (secondary N) is 1. The first-order valence-electron chi connectivity index (χ1n) is 13.7. The molecule has 1 N–H and O–H groups in total. The summed E-state index contributed by atoms with van der Waals surface area (Å²) in [5, 5.41) is 5.52. The molecule has 0 saturated carbocycles. The predicted molar refractivity (Wildman–Crippen MR) is 159 cm³/mol. The Hall–Kier alpha value is -4.16. The van der Waals surface area contributed by atoms with E-state index in [9.17, 15) is 14.4 Å². The molecule has 7 heteroatoms. The van der Waals surface area contributed by atoms with Gasteiger partial charge in [-0.2, -0.15) is 0 Å². The first kappa shape index (κ1) is 27.4. The fraction of sp³-hybridized carbons (Fsp3) is 0.242. The van der Waals surface area contributed by atoms with E-state index in [0.29, 0.717) is 36.5 Å². The molecule has 0 unspecified atom stereocenters. The van der Waals surface area contributed by atoms with Gasteiger partial charge in [-0.3, -0.25) is 14.4 Å². The number of hydrogen-bond acceptors (Lipinski definition) is 3. The molecule has 5 rings (SSSR count). The maximum absolute atomic E-state index is 13.8. The lowest BCUT2D eigenvalue weighted by molar-refractivity contribution is -0.141. The number of likely N-dealkylation sites (N-methyl/N-ethyl adjacent to an activating group) is 1. The summed E-state index contributed by atoms with van der Waals surface area (Å²) in [6, 6.07) is 28.0. The molecule has 3 amide bonds. The average molecular weight is 554 g/mol. The summed E-state index contributed by atoms with van der Waals surface area (Å²) in [5.41, 5.74) is 3.44. The van der Waals surface area contributed by atoms with Crippen LogP contribution in [0.4, 0.5) is 5.69 Å². The van der Waals surface area contributed by atoms with E-state index >= 15 is 0 Å². The third-order valence-electron chi connectivity index (χ3n) is 7.31. The Balaban J connectivity index is 1.36. The summed E-state index contributed by atoms with van der Waals surface area (Å²) in [6.07, 6.45) is 1.07. The average Bonchev–Trinajstić information content (AvgIpc) is 3.24. The topological polar surface area (TPSA) is 69.7 Å². The van der Waals surface area contributed by atoms with Crippen LogP contribution in [0.1, 0.15) is 41.3 Å². The highest BCUT2D eigenvalue weighted by Crippen LogP contribution is 2.37. The van der Waals surface area contributed by atoms with Gasteiger partial charge in [0.1, 0.15) is 6.04 Å². The summed E-state index contributed by atoms with van der Waals surface area (Å²) in [6.45, 7) is 3.03. The second kappa shape index (κ2) is 12.3. The van der Waals surface area contributed by atoms with Crippen molar-refractivity contribution in [3.05, 3.63) is 113 Å². The van der Waals surface area contributed by atoms with Crippen molar-refractivity contribution in [2.75, 3.05) is 18.0 Å². The van der Waals surface area contributed by atoms with Crippen molar-refractivity contribution in [3.63, 3.8) is 0 Å². The van der Waals surface area contributed by atoms with Crippen LogP contribution in [-0.4, -0.2) is 41.8 Å². The van der Waals surface area contributed by atoms with Gasteiger partial charge in [-0.05, 0) is 54.1 Å². The van der Waals surface area contributed by atoms with Crippen molar-refractivity contribution in [3.8, 4) is 0 Å². The molecule has 1 atom stereocenters. The third kappa shape index (κ3) is 5.87. The normalized spacial score (nSPS) is 12.9. The van der Waals surface area contributed by atoms with Crippen LogP contribution in [0.3, 0.4) is 0 Å². The summed E-state index contributed by atoms with van der Waals surface area (Å²) in [7, 11) is 0. The molecule has 0 spiro atoms. The van der Waals surface area contributed by atoms with E-state index in [2.05, 4.69) is 5.32 Å². The van der Waals surface area contributed by atoms with Gasteiger partial charge in [0, 0.05) is 48.4 Å². The molecule has 0 fully saturated rings. The van der Waals surface area contributed by atoms with Gasteiger partial charge in [0.05, 0.1) is 5.69 Å². The van der Waals surface area contributed by atoms with Gasteiger partial charge in [0.15, 0.2) is 0 Å². The van der Waals surface area contributed by atoms with E-state index in [4.69, 9.17) is 11.6 Å². The second-order valence-corrected chi connectivity index (χ2v) is 10.4. The number of rotatable bonds is 11. The van der Waals surface area contributed by atoms with E-state index in [1.165, 1.54) is 0 Å². The number of carbonyl (C=O) groups excluding carboxylic acids is 3. The largest absolute Gasteiger partial charge is 0.355 e. The molecule has 4 aromatic rings. The lowest BCUT2D eigenvalue weighted by Gasteiger charge is -2.32. The van der Waals surface area contributed by atoms with Gasteiger partial charge in [0.2, 0.25) is 11.8 Å². The van der Waals surface area contributed by atoms with Gasteiger partial charge >= 0.3 is 0 Å². The van der Waals surface area contributed by atoms with E-state index in [1.807, 2.05) is 85.8 Å². The Labute approximate surface area is 239 Å². The van der Waals surface area contributed by atoms with Crippen LogP contribution in [0, 0.1) is 0 Å². The monoisotopic (exact) mass is 553 g/mol. The Morgan fingerprint density at radius 1 is 0.900 bits per heavy atom. The number of anilines is 1. The number of halogens is 1. The molecule has 40 heavy (non-hydrogen) atoms. The van der Waals surface area contributed by atoms with E-state index in [1.54, 1.807) is 21.9 Å². The first-order valence-corrected chi connectivity index (χ1v) is 14.0. The molecular weight excluding hydrogens is 522 g/mol. The van der Waals surface area contributed by atoms with Gasteiger partial charge in [-0.15, -0.1) is 0 Å². The standard InChI is InChI=1S/C33H32ClN3O3/c1-2-35-32(39)29(21-23-9-4-3-5-10-23)37(22-24-16-18-26(34)19-17-24)30(38)15-8-20-36-28-14-7-12-25-11-6-13-27(31(25)28)33(36)40/h3-7,9-14,16-19,29H,2,8,15,20-22H2,1H3,(H,35,39)/t29-/m1/s1. The van der Waals surface area contributed by atoms with Crippen molar-refractivity contribution < 1.29 is 14.4 Å². The molecule has 204 valence electrons. The molecular formula is C33H32ClN3O3. The third-order valence-corrected chi connectivity index (χ3v) is 7.56. The maximum atomic E-state index is 13.8. The van der Waals surface area contributed by atoms with Crippen molar-refractivity contribution in [2.24, 2.45) is 0 Å². The van der Waals surface area contributed by atoms with Crippen molar-refractivity contribution in [1.82, 2.24) is 10.2 Å². The van der Waals surface area contributed by atoms with Gasteiger partial charge < -0.3 is 15.1 Å². The maximum Gasteiger partial charge on any atom is 0.258 e. The van der Waals surface area contributed by atoms with E-state index < -0.39 is 6.04 Å². The number of nitrogens with zero attached hydrogens (tertiary/aromatic N) is 2. The van der Waals surface area contributed by atoms with Gasteiger partial charge in [0.25, 0.3) is 5.91 Å². The van der Waals surface area contributed by atoms with Crippen molar-refractivity contribution >= 4 is 45.8 Å². The van der Waals surface area contributed by atoms with Gasteiger partial charge in [-0.1, -0.05) is 78.3 Å². The second-order valence-electron chi connectivity index (χ2n) is 9.99. The van der Waals surface area contributed by atoms with Crippen LogP contribution < -0.4 is 10.2 Å². The Kier molecular flexibility index (Phi) is 8.46. The molecule has 0 aromatic heterocycles. The minimum atomic E-state index is -0.683. The summed E-state index contributed by atoms with van der Waals surface area (Å²) < 4.78 is 0. The smallest absolute Gasteiger partial charge is 0.258 e. The zero-order valence-electron chi connectivity index (χ0n) is 22.5. The molecule has 6 nitrogen and oxygen atoms in total. The predicted octanol–water partition coefficient (Wildman–Crippen LogP) is 6.01. The first-order chi connectivity index (χ1) is 19.5. The van der Waals surface area contributed by atoms with Crippen molar-refractivity contribution in [1.29, 1.82) is 0 Å². The van der Waals surface area contributed by atoms with Crippen molar-refractivity contribution in [2.45, 2.75) is 38.8 Å². The highest BCUT2D eigenvalue weighted by Gasteiger charge is 2.32. The van der Waals surface area contributed by atoms with Gasteiger partial charge in [-0.25, -0.2) is 0 Å². The van der Waals surface area contributed by atoms with Crippen LogP contribution in [-0.2, 0) is 22.6 Å². The molecule has 0 bridgehead atoms. The number of benzene rings is 4. The lowest BCUT2D eigenvalue weighted by atomic mass is 10.0. The molecule has 1 aliphatic rings. The molecule has 0 radical (unpaired) electrons. The molecule has 0 saturated heterocycles. The molecule has 1 heterocycles. The quantitative estimate of drug-likeness (QED) is 0.247. The van der Waals surface area contributed by atoms with Crippen LogP contribution >= 0.6 is 11.6 Å². The van der Waals surface area contributed by atoms with E-state index in [-0.39, 0.29) is 30.7 Å². The zero-order chi connectivity index (χ0) is 28.1. The zero-order valence-corrected chi connectivity index (χ0v) is 23.2. The summed E-state index contributed by atoms with van der Waals surface area (Å²) in [4.78, 5) is 43.8. The SMILES string of the molecule is CCNC(=O)[C@@H](Cc1ccccc1)N(Cc1ccc(Cl)cc1)C(=O)CCCN1C(=O)c2cccc3cccc1c23. The highest BCUT2D eigenvalue weighted by molar-refractivity contribution is 6.30. The Morgan fingerprint density at radius 2 is 1.62 bits per heavy atom. The Morgan fingerprint density at radius 3 is 2.35 bits per heavy atom. The lowest BCUT2D eigenvalue weighted by Crippen LogP contribution is -2.50. The minimum absolute atomic E-state index is 0.0402.